The van der Waals surface area contributed by atoms with Crippen LogP contribution in [0.1, 0.15) is 0 Å². The molecule has 6 heteroatoms. The second kappa shape index (κ2) is 7.47. The number of hydrogen-bond donors (Lipinski definition) is 1. The SMILES string of the molecule is O=C(O)CN(CC(=O)Oc1ccccc1)c1cccc(Cl)c1. The average molecular weight is 320 g/mol. The largest absolute Gasteiger partial charge is 0.480 e. The van der Waals surface area contributed by atoms with Crippen molar-refractivity contribution in [2.75, 3.05) is 18.0 Å². The van der Waals surface area contributed by atoms with Crippen LogP contribution >= 0.6 is 11.6 Å². The molecular formula is C16H14ClNO4. The molecular weight excluding hydrogens is 306 g/mol. The summed E-state index contributed by atoms with van der Waals surface area (Å²) in [5.74, 6) is -1.19. The van der Waals surface area contributed by atoms with Gasteiger partial charge in [-0.15, -0.1) is 0 Å². The van der Waals surface area contributed by atoms with Crippen molar-refractivity contribution in [1.82, 2.24) is 0 Å². The van der Waals surface area contributed by atoms with Gasteiger partial charge in [0.1, 0.15) is 18.8 Å². The van der Waals surface area contributed by atoms with Crippen LogP contribution in [-0.4, -0.2) is 30.1 Å². The molecule has 2 aromatic carbocycles. The van der Waals surface area contributed by atoms with Crippen molar-refractivity contribution in [3.8, 4) is 5.75 Å². The number of rotatable bonds is 6. The highest BCUT2D eigenvalue weighted by Crippen LogP contribution is 2.19. The summed E-state index contributed by atoms with van der Waals surface area (Å²) in [6, 6.07) is 15.2. The Morgan fingerprint density at radius 1 is 1.05 bits per heavy atom. The molecule has 0 bridgehead atoms. The Hall–Kier alpha value is -2.53. The third-order valence-electron chi connectivity index (χ3n) is 2.79. The molecule has 22 heavy (non-hydrogen) atoms. The third-order valence-corrected chi connectivity index (χ3v) is 3.03. The zero-order chi connectivity index (χ0) is 15.9. The molecule has 0 aromatic heterocycles. The molecule has 0 aliphatic rings. The fraction of sp³-hybridized carbons (Fsp3) is 0.125. The summed E-state index contributed by atoms with van der Waals surface area (Å²) in [4.78, 5) is 24.3. The first-order chi connectivity index (χ1) is 10.5. The maximum Gasteiger partial charge on any atom is 0.330 e. The van der Waals surface area contributed by atoms with Crippen LogP contribution in [-0.2, 0) is 9.59 Å². The highest BCUT2D eigenvalue weighted by molar-refractivity contribution is 6.30. The van der Waals surface area contributed by atoms with Gasteiger partial charge in [-0.2, -0.15) is 0 Å². The Bertz CT molecular complexity index is 660. The maximum atomic E-state index is 12.0. The average Bonchev–Trinajstić information content (AvgIpc) is 2.47. The van der Waals surface area contributed by atoms with Crippen LogP contribution in [0, 0.1) is 0 Å². The van der Waals surface area contributed by atoms with Gasteiger partial charge >= 0.3 is 11.9 Å². The number of anilines is 1. The van der Waals surface area contributed by atoms with Crippen molar-refractivity contribution in [2.45, 2.75) is 0 Å². The lowest BCUT2D eigenvalue weighted by Crippen LogP contribution is -2.36. The highest BCUT2D eigenvalue weighted by atomic mass is 35.5. The molecule has 0 radical (unpaired) electrons. The summed E-state index contributed by atoms with van der Waals surface area (Å²) in [5.41, 5.74) is 0.542. The highest BCUT2D eigenvalue weighted by Gasteiger charge is 2.16. The maximum absolute atomic E-state index is 12.0. The number of carboxylic acid groups (broad SMARTS) is 1. The summed E-state index contributed by atoms with van der Waals surface area (Å²) in [7, 11) is 0. The Balaban J connectivity index is 2.09. The number of carbonyl (C=O) groups excluding carboxylic acids is 1. The summed E-state index contributed by atoms with van der Waals surface area (Å²) in [5, 5.41) is 9.45. The first-order valence-corrected chi connectivity index (χ1v) is 6.90. The number of halogens is 1. The molecule has 1 N–H and O–H groups in total. The summed E-state index contributed by atoms with van der Waals surface area (Å²) >= 11 is 5.90. The Morgan fingerprint density at radius 2 is 1.77 bits per heavy atom. The predicted octanol–water partition coefficient (Wildman–Crippen LogP) is 2.84. The van der Waals surface area contributed by atoms with Gasteiger partial charge < -0.3 is 14.7 Å². The molecule has 0 aliphatic heterocycles. The summed E-state index contributed by atoms with van der Waals surface area (Å²) in [6.07, 6.45) is 0. The standard InChI is InChI=1S/C16H14ClNO4/c17-12-5-4-6-13(9-12)18(10-15(19)20)11-16(21)22-14-7-2-1-3-8-14/h1-9H,10-11H2,(H,19,20). The van der Waals surface area contributed by atoms with E-state index in [1.165, 1.54) is 4.90 Å². The van der Waals surface area contributed by atoms with Gasteiger partial charge in [-0.3, -0.25) is 4.79 Å². The van der Waals surface area contributed by atoms with Crippen LogP contribution in [0.5, 0.6) is 5.75 Å². The van der Waals surface area contributed by atoms with E-state index in [0.717, 1.165) is 0 Å². The topological polar surface area (TPSA) is 66.8 Å². The minimum atomic E-state index is -1.05. The second-order valence-corrected chi connectivity index (χ2v) is 4.95. The number of aliphatic carboxylic acids is 1. The fourth-order valence-electron chi connectivity index (χ4n) is 1.88. The van der Waals surface area contributed by atoms with Crippen LogP contribution in [0.15, 0.2) is 54.6 Å². The van der Waals surface area contributed by atoms with E-state index in [4.69, 9.17) is 21.4 Å². The molecule has 114 valence electrons. The molecule has 2 aromatic rings. The van der Waals surface area contributed by atoms with Crippen LogP contribution in [0.3, 0.4) is 0 Å². The molecule has 0 amide bonds. The van der Waals surface area contributed by atoms with Crippen molar-refractivity contribution in [3.05, 3.63) is 59.6 Å². The normalized spacial score (nSPS) is 10.0. The molecule has 0 fully saturated rings. The number of benzene rings is 2. The van der Waals surface area contributed by atoms with Gasteiger partial charge in [0.05, 0.1) is 0 Å². The van der Waals surface area contributed by atoms with Gasteiger partial charge in [-0.1, -0.05) is 35.9 Å². The van der Waals surface area contributed by atoms with Gasteiger partial charge in [0.15, 0.2) is 0 Å². The van der Waals surface area contributed by atoms with Crippen molar-refractivity contribution >= 4 is 29.2 Å². The molecule has 0 saturated carbocycles. The smallest absolute Gasteiger partial charge is 0.330 e. The number of esters is 1. The van der Waals surface area contributed by atoms with Crippen molar-refractivity contribution in [2.24, 2.45) is 0 Å². The summed E-state index contributed by atoms with van der Waals surface area (Å²) < 4.78 is 5.17. The van der Waals surface area contributed by atoms with E-state index in [9.17, 15) is 9.59 Å². The minimum Gasteiger partial charge on any atom is -0.480 e. The molecule has 5 nitrogen and oxygen atoms in total. The molecule has 0 unspecified atom stereocenters. The van der Waals surface area contributed by atoms with Gasteiger partial charge in [0.2, 0.25) is 0 Å². The van der Waals surface area contributed by atoms with Gasteiger partial charge in [-0.25, -0.2) is 4.79 Å². The van der Waals surface area contributed by atoms with Crippen molar-refractivity contribution in [1.29, 1.82) is 0 Å². The monoisotopic (exact) mass is 319 g/mol. The first-order valence-electron chi connectivity index (χ1n) is 6.52. The zero-order valence-electron chi connectivity index (χ0n) is 11.6. The van der Waals surface area contributed by atoms with Gasteiger partial charge in [-0.05, 0) is 30.3 Å². The van der Waals surface area contributed by atoms with E-state index in [1.54, 1.807) is 54.6 Å². The molecule has 0 heterocycles. The number of carboxylic acids is 1. The number of ether oxygens (including phenoxy) is 1. The molecule has 0 aliphatic carbocycles. The quantitative estimate of drug-likeness (QED) is 0.655. The molecule has 2 rings (SSSR count). The van der Waals surface area contributed by atoms with E-state index < -0.39 is 11.9 Å². The van der Waals surface area contributed by atoms with Crippen molar-refractivity contribution in [3.63, 3.8) is 0 Å². The Morgan fingerprint density at radius 3 is 2.41 bits per heavy atom. The van der Waals surface area contributed by atoms with E-state index in [-0.39, 0.29) is 13.1 Å². The van der Waals surface area contributed by atoms with Crippen LogP contribution in [0.4, 0.5) is 5.69 Å². The fourth-order valence-corrected chi connectivity index (χ4v) is 2.07. The number of para-hydroxylation sites is 1. The van der Waals surface area contributed by atoms with Crippen LogP contribution in [0.25, 0.3) is 0 Å². The lowest BCUT2D eigenvalue weighted by Gasteiger charge is -2.21. The van der Waals surface area contributed by atoms with Crippen LogP contribution < -0.4 is 9.64 Å². The number of nitrogens with zero attached hydrogens (tertiary/aromatic N) is 1. The van der Waals surface area contributed by atoms with Crippen molar-refractivity contribution < 1.29 is 19.4 Å². The third kappa shape index (κ3) is 4.79. The van der Waals surface area contributed by atoms with Gasteiger partial charge in [0.25, 0.3) is 0 Å². The van der Waals surface area contributed by atoms with Gasteiger partial charge in [0, 0.05) is 10.7 Å². The van der Waals surface area contributed by atoms with E-state index in [0.29, 0.717) is 16.5 Å². The van der Waals surface area contributed by atoms with E-state index in [1.807, 2.05) is 0 Å². The Kier molecular flexibility index (Phi) is 5.38. The summed E-state index contributed by atoms with van der Waals surface area (Å²) in [6.45, 7) is -0.522. The number of hydrogen-bond acceptors (Lipinski definition) is 4. The lowest BCUT2D eigenvalue weighted by molar-refractivity contribution is -0.135. The predicted molar refractivity (Wildman–Crippen MR) is 83.4 cm³/mol. The minimum absolute atomic E-state index is 0.193. The molecule has 0 spiro atoms. The molecule has 0 atom stereocenters. The Labute approximate surface area is 132 Å². The van der Waals surface area contributed by atoms with E-state index in [2.05, 4.69) is 0 Å². The van der Waals surface area contributed by atoms with E-state index >= 15 is 0 Å². The van der Waals surface area contributed by atoms with Crippen LogP contribution in [0.2, 0.25) is 5.02 Å². The zero-order valence-corrected chi connectivity index (χ0v) is 12.4. The molecule has 0 saturated heterocycles. The lowest BCUT2D eigenvalue weighted by atomic mass is 10.3. The first kappa shape index (κ1) is 15.9. The number of carbonyl (C=O) groups is 2. The second-order valence-electron chi connectivity index (χ2n) is 4.52.